The molecule has 9 nitrogen and oxygen atoms in total. The van der Waals surface area contributed by atoms with E-state index in [9.17, 15) is 8.42 Å². The monoisotopic (exact) mass is 310 g/mol. The zero-order valence-corrected chi connectivity index (χ0v) is 12.4. The van der Waals surface area contributed by atoms with Crippen molar-refractivity contribution in [2.75, 3.05) is 6.61 Å². The topological polar surface area (TPSA) is 144 Å². The van der Waals surface area contributed by atoms with Gasteiger partial charge < -0.3 is 4.74 Å². The summed E-state index contributed by atoms with van der Waals surface area (Å²) >= 11 is 0. The van der Waals surface area contributed by atoms with Crippen LogP contribution in [0.2, 0.25) is 0 Å². The minimum absolute atomic E-state index is 0.505. The number of nitrogens with zero attached hydrogens (tertiary/aromatic N) is 6. The van der Waals surface area contributed by atoms with Crippen LogP contribution < -0.4 is 0 Å². The van der Waals surface area contributed by atoms with Crippen LogP contribution in [0.1, 0.15) is 16.7 Å². The van der Waals surface area contributed by atoms with Gasteiger partial charge in [0.15, 0.2) is 0 Å². The van der Waals surface area contributed by atoms with Crippen LogP contribution in [0.3, 0.4) is 0 Å². The third-order valence-corrected chi connectivity index (χ3v) is 3.40. The Kier molecular flexibility index (Phi) is 6.01. The second-order valence-electron chi connectivity index (χ2n) is 4.31. The molecule has 0 radical (unpaired) electrons. The number of rotatable bonds is 4. The van der Waals surface area contributed by atoms with Crippen molar-refractivity contribution >= 4 is 10.2 Å². The fraction of sp³-hybridized carbons (Fsp3) is 0.455. The quantitative estimate of drug-likeness (QED) is 0.364. The zero-order chi connectivity index (χ0) is 15.9. The third-order valence-electron chi connectivity index (χ3n) is 2.85. The minimum Gasteiger partial charge on any atom is -0.373 e. The van der Waals surface area contributed by atoms with Crippen LogP contribution >= 0.6 is 0 Å². The Bertz CT molecular complexity index is 677. The lowest BCUT2D eigenvalue weighted by atomic mass is 10.00. The predicted molar refractivity (Wildman–Crippen MR) is 76.6 cm³/mol. The van der Waals surface area contributed by atoms with E-state index in [2.05, 4.69) is 41.1 Å². The van der Waals surface area contributed by atoms with Crippen LogP contribution in [-0.4, -0.2) is 21.1 Å². The molecule has 0 spiro atoms. The van der Waals surface area contributed by atoms with Gasteiger partial charge in [-0.1, -0.05) is 18.2 Å². The Morgan fingerprint density at radius 2 is 1.86 bits per heavy atom. The van der Waals surface area contributed by atoms with Crippen molar-refractivity contribution in [2.24, 2.45) is 9.04 Å². The molecule has 1 unspecified atom stereocenters. The smallest absolute Gasteiger partial charge is 0.321 e. The van der Waals surface area contributed by atoms with E-state index in [1.165, 1.54) is 16.7 Å². The van der Waals surface area contributed by atoms with E-state index in [0.717, 1.165) is 13.0 Å². The molecule has 0 bridgehead atoms. The average Bonchev–Trinajstić information content (AvgIpc) is 3.19. The maximum absolute atomic E-state index is 9.99. The van der Waals surface area contributed by atoms with E-state index in [1.807, 2.05) is 9.82 Å². The summed E-state index contributed by atoms with van der Waals surface area (Å²) < 4.78 is 29.5. The maximum Gasteiger partial charge on any atom is 0.321 e. The molecule has 0 saturated carbocycles. The molecule has 2 rings (SSSR count). The first-order valence-corrected chi connectivity index (χ1v) is 7.33. The lowest BCUT2D eigenvalue weighted by molar-refractivity contribution is 0.407. The van der Waals surface area contributed by atoms with Crippen LogP contribution in [0.4, 0.5) is 0 Å². The highest BCUT2D eigenvalue weighted by molar-refractivity contribution is 7.88. The molecule has 1 heterocycles. The van der Waals surface area contributed by atoms with Gasteiger partial charge in [0.25, 0.3) is 0 Å². The number of benzene rings is 1. The van der Waals surface area contributed by atoms with Gasteiger partial charge in [-0.15, -0.1) is 0 Å². The molecule has 21 heavy (non-hydrogen) atoms. The lowest BCUT2D eigenvalue weighted by Crippen LogP contribution is -1.97. The molecular weight excluding hydrogens is 296 g/mol. The van der Waals surface area contributed by atoms with Crippen molar-refractivity contribution < 1.29 is 13.2 Å². The van der Waals surface area contributed by atoms with E-state index in [1.54, 1.807) is 0 Å². The van der Waals surface area contributed by atoms with Gasteiger partial charge in [-0.05, 0) is 41.6 Å². The van der Waals surface area contributed by atoms with Gasteiger partial charge in [0, 0.05) is 25.3 Å². The first-order valence-electron chi connectivity index (χ1n) is 5.94. The summed E-state index contributed by atoms with van der Waals surface area (Å²) in [7, 11) is -4.27. The zero-order valence-electron chi connectivity index (χ0n) is 11.5. The molecule has 10 heteroatoms. The molecule has 0 aromatic heterocycles. The molecule has 1 aliphatic rings. The van der Waals surface area contributed by atoms with Crippen LogP contribution in [-0.2, 0) is 21.4 Å². The third kappa shape index (κ3) is 6.15. The molecule has 1 aromatic rings. The van der Waals surface area contributed by atoms with Gasteiger partial charge >= 0.3 is 10.2 Å². The summed E-state index contributed by atoms with van der Waals surface area (Å²) in [6.07, 6.45) is 1.60. The number of hydrogen-bond donors (Lipinski definition) is 0. The number of ether oxygens (including phenoxy) is 1. The van der Waals surface area contributed by atoms with Gasteiger partial charge in [0.1, 0.15) is 0 Å². The highest BCUT2D eigenvalue weighted by Crippen LogP contribution is 2.20. The van der Waals surface area contributed by atoms with E-state index >= 15 is 0 Å². The van der Waals surface area contributed by atoms with Crippen LogP contribution in [0.25, 0.3) is 20.9 Å². The Hall–Kier alpha value is -2.25. The summed E-state index contributed by atoms with van der Waals surface area (Å²) in [6, 6.07) is 6.48. The Morgan fingerprint density at radius 1 is 1.29 bits per heavy atom. The second kappa shape index (κ2) is 7.51. The first-order chi connectivity index (χ1) is 9.89. The Balaban J connectivity index is 0.000000222. The fourth-order valence-electron chi connectivity index (χ4n) is 1.57. The molecule has 1 atom stereocenters. The molecular formula is C11H14N6O3S. The van der Waals surface area contributed by atoms with Gasteiger partial charge in [-0.2, -0.15) is 0 Å². The van der Waals surface area contributed by atoms with E-state index < -0.39 is 10.2 Å². The maximum atomic E-state index is 9.99. The normalized spacial score (nSPS) is 15.8. The second-order valence-corrected chi connectivity index (χ2v) is 5.53. The van der Waals surface area contributed by atoms with Crippen molar-refractivity contribution in [3.63, 3.8) is 0 Å². The SMILES string of the molecule is Cc1cccc(CC2CO2)c1C.[N-]=[N+]=NS(=O)(=O)N=[N+]=[N-]. The average molecular weight is 310 g/mol. The number of aryl methyl sites for hydroxylation is 1. The molecule has 0 N–H and O–H groups in total. The Labute approximate surface area is 122 Å². The van der Waals surface area contributed by atoms with E-state index in [4.69, 9.17) is 15.8 Å². The highest BCUT2D eigenvalue weighted by atomic mass is 32.2. The summed E-state index contributed by atoms with van der Waals surface area (Å²) in [5.74, 6) is 0. The van der Waals surface area contributed by atoms with Crippen molar-refractivity contribution in [1.82, 2.24) is 0 Å². The first kappa shape index (κ1) is 16.8. The van der Waals surface area contributed by atoms with E-state index in [-0.39, 0.29) is 0 Å². The van der Waals surface area contributed by atoms with Crippen molar-refractivity contribution in [1.29, 1.82) is 0 Å². The number of azide groups is 1. The largest absolute Gasteiger partial charge is 0.373 e. The van der Waals surface area contributed by atoms with Crippen LogP contribution in [0.15, 0.2) is 27.2 Å². The van der Waals surface area contributed by atoms with Crippen molar-refractivity contribution in [2.45, 2.75) is 26.4 Å². The van der Waals surface area contributed by atoms with Gasteiger partial charge in [-0.25, -0.2) is 8.42 Å². The summed E-state index contributed by atoms with van der Waals surface area (Å²) in [5.41, 5.74) is 19.3. The predicted octanol–water partition coefficient (Wildman–Crippen LogP) is 3.10. The van der Waals surface area contributed by atoms with E-state index in [0.29, 0.717) is 6.10 Å². The van der Waals surface area contributed by atoms with Crippen LogP contribution in [0.5, 0.6) is 0 Å². The molecule has 1 aromatic carbocycles. The van der Waals surface area contributed by atoms with Gasteiger partial charge in [0.2, 0.25) is 0 Å². The molecule has 112 valence electrons. The highest BCUT2D eigenvalue weighted by Gasteiger charge is 2.23. The van der Waals surface area contributed by atoms with Crippen molar-refractivity contribution in [3.05, 3.63) is 55.8 Å². The molecule has 1 fully saturated rings. The lowest BCUT2D eigenvalue weighted by Gasteiger charge is -2.05. The molecule has 0 amide bonds. The summed E-state index contributed by atoms with van der Waals surface area (Å²) in [6.45, 7) is 5.30. The fourth-order valence-corrected chi connectivity index (χ4v) is 1.79. The van der Waals surface area contributed by atoms with Crippen LogP contribution in [0, 0.1) is 13.8 Å². The summed E-state index contributed by atoms with van der Waals surface area (Å²) in [5, 5.41) is 0. The van der Waals surface area contributed by atoms with Gasteiger partial charge in [-0.3, -0.25) is 0 Å². The van der Waals surface area contributed by atoms with Crippen molar-refractivity contribution in [3.8, 4) is 0 Å². The standard InChI is InChI=1S/C11H14O.N6O2S/c1-8-4-3-5-10(9(8)2)6-11-7-12-11;1-3-5-9(7,8)6-4-2/h3-5,11H,6-7H2,1-2H3;. The van der Waals surface area contributed by atoms with Gasteiger partial charge in [0.05, 0.1) is 12.7 Å². The number of epoxide rings is 1. The number of hydrogen-bond acceptors (Lipinski definition) is 3. The molecule has 0 aliphatic carbocycles. The summed E-state index contributed by atoms with van der Waals surface area (Å²) in [4.78, 5) is 3.80. The minimum atomic E-state index is -4.27. The molecule has 1 aliphatic heterocycles. The Morgan fingerprint density at radius 3 is 2.33 bits per heavy atom. The molecule has 1 saturated heterocycles.